The number of rotatable bonds is 4. The van der Waals surface area contributed by atoms with Crippen molar-refractivity contribution in [3.05, 3.63) is 57.8 Å². The van der Waals surface area contributed by atoms with Crippen LogP contribution in [0.3, 0.4) is 0 Å². The Kier molecular flexibility index (Phi) is 5.03. The Morgan fingerprint density at radius 3 is 2.89 bits per heavy atom. The lowest BCUT2D eigenvalue weighted by Crippen LogP contribution is -2.28. The fourth-order valence-electron chi connectivity index (χ4n) is 3.98. The van der Waals surface area contributed by atoms with Crippen LogP contribution in [0.15, 0.2) is 35.1 Å². The zero-order valence-corrected chi connectivity index (χ0v) is 16.5. The molecule has 0 saturated carbocycles. The maximum atomic E-state index is 13.2. The number of aryl methyl sites for hydroxylation is 3. The van der Waals surface area contributed by atoms with Crippen LogP contribution in [-0.2, 0) is 30.7 Å². The fraction of sp³-hybridized carbons (Fsp3) is 0.409. The van der Waals surface area contributed by atoms with Crippen LogP contribution in [0.1, 0.15) is 43.3 Å². The van der Waals surface area contributed by atoms with Crippen LogP contribution < -0.4 is 10.9 Å². The van der Waals surface area contributed by atoms with Crippen LogP contribution in [0.5, 0.6) is 0 Å². The summed E-state index contributed by atoms with van der Waals surface area (Å²) in [5.41, 5.74) is 4.01. The Morgan fingerprint density at radius 2 is 2.07 bits per heavy atom. The standard InChI is InChI=1S/C22H26N4O2/c1-3-16-8-7-9-17(13-16)23-20(27)14-26-15(2)12-18-21(26)22(28)25-11-6-4-5-10-19(25)24-18/h7-9,12-13H,3-6,10-11,14H2,1-2H3,(H,23,27). The topological polar surface area (TPSA) is 68.9 Å². The Hall–Kier alpha value is -2.89. The van der Waals surface area contributed by atoms with E-state index in [1.54, 1.807) is 9.13 Å². The number of hydrogen-bond acceptors (Lipinski definition) is 3. The Labute approximate surface area is 164 Å². The first-order valence-electron chi connectivity index (χ1n) is 10.0. The number of amides is 1. The lowest BCUT2D eigenvalue weighted by molar-refractivity contribution is -0.116. The highest BCUT2D eigenvalue weighted by Crippen LogP contribution is 2.19. The van der Waals surface area contributed by atoms with E-state index in [-0.39, 0.29) is 18.0 Å². The number of carbonyl (C=O) groups excluding carboxylic acids is 1. The summed E-state index contributed by atoms with van der Waals surface area (Å²) in [5, 5.41) is 2.95. The molecule has 1 aliphatic rings. The molecule has 4 rings (SSSR count). The van der Waals surface area contributed by atoms with Crippen LogP contribution in [-0.4, -0.2) is 20.0 Å². The molecule has 1 aliphatic heterocycles. The molecule has 0 radical (unpaired) electrons. The molecule has 3 heterocycles. The van der Waals surface area contributed by atoms with Crippen LogP contribution in [0, 0.1) is 6.92 Å². The molecule has 0 spiro atoms. The SMILES string of the molecule is CCc1cccc(NC(=O)Cn2c(C)cc3nc4n(c(=O)c32)CCCCC4)c1. The van der Waals surface area contributed by atoms with E-state index in [1.165, 1.54) is 5.56 Å². The lowest BCUT2D eigenvalue weighted by Gasteiger charge is -2.12. The lowest BCUT2D eigenvalue weighted by atomic mass is 10.1. The molecule has 0 bridgehead atoms. The van der Waals surface area contributed by atoms with Gasteiger partial charge in [0.05, 0.1) is 5.52 Å². The van der Waals surface area contributed by atoms with Gasteiger partial charge in [0.25, 0.3) is 5.56 Å². The van der Waals surface area contributed by atoms with Crippen molar-refractivity contribution in [1.82, 2.24) is 14.1 Å². The molecular formula is C22H26N4O2. The smallest absolute Gasteiger partial charge is 0.278 e. The van der Waals surface area contributed by atoms with Crippen LogP contribution >= 0.6 is 0 Å². The first kappa shape index (κ1) is 18.5. The normalized spacial score (nSPS) is 13.9. The zero-order chi connectivity index (χ0) is 19.7. The number of carbonyl (C=O) groups is 1. The molecule has 0 saturated heterocycles. The van der Waals surface area contributed by atoms with Crippen molar-refractivity contribution in [2.75, 3.05) is 5.32 Å². The van der Waals surface area contributed by atoms with E-state index in [0.717, 1.165) is 49.3 Å². The summed E-state index contributed by atoms with van der Waals surface area (Å²) in [6.07, 6.45) is 4.93. The first-order chi connectivity index (χ1) is 13.6. The summed E-state index contributed by atoms with van der Waals surface area (Å²) in [6, 6.07) is 9.75. The first-order valence-corrected chi connectivity index (χ1v) is 10.0. The number of nitrogens with one attached hydrogen (secondary N) is 1. The van der Waals surface area contributed by atoms with Crippen molar-refractivity contribution in [2.24, 2.45) is 0 Å². The summed E-state index contributed by atoms with van der Waals surface area (Å²) < 4.78 is 3.59. The van der Waals surface area contributed by atoms with Crippen molar-refractivity contribution < 1.29 is 4.79 Å². The van der Waals surface area contributed by atoms with Crippen molar-refractivity contribution in [3.63, 3.8) is 0 Å². The van der Waals surface area contributed by atoms with E-state index in [9.17, 15) is 9.59 Å². The summed E-state index contributed by atoms with van der Waals surface area (Å²) in [5.74, 6) is 0.723. The van der Waals surface area contributed by atoms with Gasteiger partial charge in [-0.25, -0.2) is 4.98 Å². The maximum Gasteiger partial charge on any atom is 0.278 e. The summed E-state index contributed by atoms with van der Waals surface area (Å²) >= 11 is 0. The van der Waals surface area contributed by atoms with Gasteiger partial charge in [0.15, 0.2) is 0 Å². The van der Waals surface area contributed by atoms with Gasteiger partial charge in [-0.2, -0.15) is 0 Å². The molecule has 0 atom stereocenters. The number of hydrogen-bond donors (Lipinski definition) is 1. The minimum Gasteiger partial charge on any atom is -0.330 e. The molecule has 1 aromatic carbocycles. The average Bonchev–Trinajstić information content (AvgIpc) is 2.84. The number of nitrogens with zero attached hydrogens (tertiary/aromatic N) is 3. The van der Waals surface area contributed by atoms with E-state index in [2.05, 4.69) is 12.2 Å². The van der Waals surface area contributed by atoms with Gasteiger partial charge in [0, 0.05) is 24.3 Å². The van der Waals surface area contributed by atoms with Crippen molar-refractivity contribution in [1.29, 1.82) is 0 Å². The summed E-state index contributed by atoms with van der Waals surface area (Å²) in [7, 11) is 0. The second-order valence-corrected chi connectivity index (χ2v) is 7.50. The van der Waals surface area contributed by atoms with E-state index in [4.69, 9.17) is 4.98 Å². The van der Waals surface area contributed by atoms with Crippen LogP contribution in [0.25, 0.3) is 11.0 Å². The fourth-order valence-corrected chi connectivity index (χ4v) is 3.98. The van der Waals surface area contributed by atoms with Crippen LogP contribution in [0.2, 0.25) is 0 Å². The Balaban J connectivity index is 1.66. The Morgan fingerprint density at radius 1 is 1.21 bits per heavy atom. The van der Waals surface area contributed by atoms with Gasteiger partial charge in [-0.3, -0.25) is 14.2 Å². The minimum absolute atomic E-state index is 0.0317. The molecule has 0 aliphatic carbocycles. The predicted octanol–water partition coefficient (Wildman–Crippen LogP) is 3.43. The largest absolute Gasteiger partial charge is 0.330 e. The Bertz CT molecular complexity index is 1090. The monoisotopic (exact) mass is 378 g/mol. The van der Waals surface area contributed by atoms with Gasteiger partial charge in [-0.15, -0.1) is 0 Å². The van der Waals surface area contributed by atoms with E-state index >= 15 is 0 Å². The summed E-state index contributed by atoms with van der Waals surface area (Å²) in [6.45, 7) is 4.81. The van der Waals surface area contributed by atoms with Gasteiger partial charge in [0.2, 0.25) is 5.91 Å². The highest BCUT2D eigenvalue weighted by Gasteiger charge is 2.19. The maximum absolute atomic E-state index is 13.2. The third-order valence-corrected chi connectivity index (χ3v) is 5.50. The number of fused-ring (bicyclic) bond motifs is 2. The average molecular weight is 378 g/mol. The second-order valence-electron chi connectivity index (χ2n) is 7.50. The predicted molar refractivity (Wildman–Crippen MR) is 111 cm³/mol. The van der Waals surface area contributed by atoms with Crippen LogP contribution in [0.4, 0.5) is 5.69 Å². The summed E-state index contributed by atoms with van der Waals surface area (Å²) in [4.78, 5) is 30.6. The second kappa shape index (κ2) is 7.62. The molecule has 0 unspecified atom stereocenters. The van der Waals surface area contributed by atoms with Crippen molar-refractivity contribution in [3.8, 4) is 0 Å². The molecular weight excluding hydrogens is 352 g/mol. The highest BCUT2D eigenvalue weighted by molar-refractivity contribution is 5.92. The molecule has 3 aromatic rings. The molecule has 1 amide bonds. The molecule has 1 N–H and O–H groups in total. The molecule has 6 nitrogen and oxygen atoms in total. The highest BCUT2D eigenvalue weighted by atomic mass is 16.2. The quantitative estimate of drug-likeness (QED) is 0.756. The van der Waals surface area contributed by atoms with E-state index in [0.29, 0.717) is 17.6 Å². The number of aromatic nitrogens is 3. The zero-order valence-electron chi connectivity index (χ0n) is 16.5. The molecule has 0 fully saturated rings. The number of benzene rings is 1. The van der Waals surface area contributed by atoms with Crippen molar-refractivity contribution >= 4 is 22.6 Å². The molecule has 2 aromatic heterocycles. The van der Waals surface area contributed by atoms with E-state index in [1.807, 2.05) is 37.3 Å². The van der Waals surface area contributed by atoms with Gasteiger partial charge in [-0.05, 0) is 49.9 Å². The minimum atomic E-state index is -0.145. The van der Waals surface area contributed by atoms with Gasteiger partial charge < -0.3 is 9.88 Å². The van der Waals surface area contributed by atoms with Gasteiger partial charge in [-0.1, -0.05) is 25.5 Å². The van der Waals surface area contributed by atoms with Gasteiger partial charge in [0.1, 0.15) is 17.9 Å². The molecule has 146 valence electrons. The number of anilines is 1. The third-order valence-electron chi connectivity index (χ3n) is 5.50. The molecule has 6 heteroatoms. The van der Waals surface area contributed by atoms with Crippen molar-refractivity contribution in [2.45, 2.75) is 59.0 Å². The van der Waals surface area contributed by atoms with Gasteiger partial charge >= 0.3 is 0 Å². The van der Waals surface area contributed by atoms with E-state index < -0.39 is 0 Å². The molecule has 28 heavy (non-hydrogen) atoms. The third kappa shape index (κ3) is 3.46.